The number of nitrogens with one attached hydrogen (secondary N) is 2. The van der Waals surface area contributed by atoms with E-state index < -0.39 is 17.8 Å². The lowest BCUT2D eigenvalue weighted by Gasteiger charge is -2.29. The van der Waals surface area contributed by atoms with Gasteiger partial charge < -0.3 is 15.5 Å². The van der Waals surface area contributed by atoms with Crippen molar-refractivity contribution in [1.29, 1.82) is 0 Å². The lowest BCUT2D eigenvalue weighted by molar-refractivity contribution is -0.120. The van der Waals surface area contributed by atoms with Crippen molar-refractivity contribution in [2.45, 2.75) is 19.0 Å². The molecule has 38 heavy (non-hydrogen) atoms. The first-order chi connectivity index (χ1) is 18.4. The van der Waals surface area contributed by atoms with Crippen LogP contribution in [-0.4, -0.2) is 33.6 Å². The van der Waals surface area contributed by atoms with Crippen molar-refractivity contribution in [3.8, 4) is 0 Å². The van der Waals surface area contributed by atoms with Gasteiger partial charge in [0.25, 0.3) is 11.8 Å². The minimum atomic E-state index is -0.914. The summed E-state index contributed by atoms with van der Waals surface area (Å²) in [6, 6.07) is 21.7. The molecule has 0 bridgehead atoms. The second kappa shape index (κ2) is 10.8. The summed E-state index contributed by atoms with van der Waals surface area (Å²) in [6.07, 6.45) is 1.70. The number of halogens is 2. The van der Waals surface area contributed by atoms with Gasteiger partial charge in [-0.3, -0.25) is 14.4 Å². The zero-order valence-corrected chi connectivity index (χ0v) is 20.8. The van der Waals surface area contributed by atoms with Crippen LogP contribution in [0.25, 0.3) is 0 Å². The maximum atomic E-state index is 13.9. The van der Waals surface area contributed by atoms with Crippen molar-refractivity contribution in [2.24, 2.45) is 0 Å². The molecule has 0 saturated carbocycles. The molecule has 5 rings (SSSR count). The molecule has 0 fully saturated rings. The molecule has 3 amide bonds. The average molecular weight is 529 g/mol. The molecule has 1 aliphatic rings. The van der Waals surface area contributed by atoms with E-state index in [-0.39, 0.29) is 24.8 Å². The average Bonchev–Trinajstić information content (AvgIpc) is 2.99. The molecule has 9 heteroatoms. The summed E-state index contributed by atoms with van der Waals surface area (Å²) in [6.45, 7) is 0.0937. The third-order valence-corrected chi connectivity index (χ3v) is 6.44. The summed E-state index contributed by atoms with van der Waals surface area (Å²) in [5, 5.41) is 5.91. The van der Waals surface area contributed by atoms with Gasteiger partial charge in [-0.05, 0) is 65.7 Å². The second-order valence-electron chi connectivity index (χ2n) is 8.83. The summed E-state index contributed by atoms with van der Waals surface area (Å²) in [7, 11) is 0. The number of nitrogens with zero attached hydrogens (tertiary/aromatic N) is 2. The van der Waals surface area contributed by atoms with Gasteiger partial charge in [0.15, 0.2) is 0 Å². The van der Waals surface area contributed by atoms with Gasteiger partial charge in [-0.2, -0.15) is 0 Å². The fourth-order valence-electron chi connectivity index (χ4n) is 4.32. The van der Waals surface area contributed by atoms with E-state index in [1.54, 1.807) is 72.9 Å². The molecule has 0 spiro atoms. The highest BCUT2D eigenvalue weighted by Gasteiger charge is 2.35. The number of benzene rings is 3. The lowest BCUT2D eigenvalue weighted by Crippen LogP contribution is -2.46. The Morgan fingerprint density at radius 3 is 2.53 bits per heavy atom. The van der Waals surface area contributed by atoms with Crippen LogP contribution in [0.2, 0.25) is 5.02 Å². The molecular weight excluding hydrogens is 507 g/mol. The number of carbonyl (C=O) groups is 3. The van der Waals surface area contributed by atoms with Gasteiger partial charge in [0, 0.05) is 29.7 Å². The van der Waals surface area contributed by atoms with Crippen LogP contribution >= 0.6 is 11.6 Å². The highest BCUT2D eigenvalue weighted by molar-refractivity contribution is 6.31. The minimum Gasteiger partial charge on any atom is -0.323 e. The van der Waals surface area contributed by atoms with E-state index in [0.29, 0.717) is 38.8 Å². The first kappa shape index (κ1) is 25.1. The van der Waals surface area contributed by atoms with Crippen molar-refractivity contribution in [3.63, 3.8) is 0 Å². The Hall–Kier alpha value is -4.56. The molecule has 0 aliphatic carbocycles. The Kier molecular flexibility index (Phi) is 7.15. The van der Waals surface area contributed by atoms with Gasteiger partial charge in [-0.25, -0.2) is 9.37 Å². The Morgan fingerprint density at radius 1 is 0.974 bits per heavy atom. The number of rotatable bonds is 6. The smallest absolute Gasteiger partial charge is 0.256 e. The molecule has 0 radical (unpaired) electrons. The fraction of sp³-hybridized carbons (Fsp3) is 0.103. The van der Waals surface area contributed by atoms with Gasteiger partial charge in [-0.15, -0.1) is 0 Å². The Bertz CT molecular complexity index is 1510. The van der Waals surface area contributed by atoms with Gasteiger partial charge in [0.1, 0.15) is 17.7 Å². The lowest BCUT2D eigenvalue weighted by atomic mass is 10.0. The topological polar surface area (TPSA) is 91.4 Å². The van der Waals surface area contributed by atoms with Crippen molar-refractivity contribution >= 4 is 40.8 Å². The number of amides is 3. The molecule has 4 aromatic rings. The zero-order chi connectivity index (χ0) is 26.6. The van der Waals surface area contributed by atoms with Gasteiger partial charge in [-0.1, -0.05) is 41.9 Å². The molecule has 3 aromatic carbocycles. The minimum absolute atomic E-state index is 0.0937. The number of fused-ring (bicyclic) bond motifs is 1. The monoisotopic (exact) mass is 528 g/mol. The summed E-state index contributed by atoms with van der Waals surface area (Å²) >= 11 is 6.11. The molecule has 1 aliphatic heterocycles. The quantitative estimate of drug-likeness (QED) is 0.354. The molecule has 1 atom stereocenters. The SMILES string of the molecule is O=C(Nc1ccccn1)c1ccc(CN2C(=O)c3ccc(Cl)cc3NC(=O)[C@H]2Cc2cccc(F)c2)cc1. The Balaban J connectivity index is 1.43. The zero-order valence-electron chi connectivity index (χ0n) is 20.0. The van der Waals surface area contributed by atoms with Crippen LogP contribution < -0.4 is 10.6 Å². The Morgan fingerprint density at radius 2 is 1.79 bits per heavy atom. The van der Waals surface area contributed by atoms with Crippen LogP contribution in [0.1, 0.15) is 31.8 Å². The third kappa shape index (κ3) is 5.55. The van der Waals surface area contributed by atoms with E-state index in [4.69, 9.17) is 11.6 Å². The summed E-state index contributed by atoms with van der Waals surface area (Å²) in [5.74, 6) is -1.09. The van der Waals surface area contributed by atoms with E-state index in [0.717, 1.165) is 0 Å². The Labute approximate surface area is 223 Å². The third-order valence-electron chi connectivity index (χ3n) is 6.20. The molecule has 2 N–H and O–H groups in total. The van der Waals surface area contributed by atoms with E-state index in [2.05, 4.69) is 15.6 Å². The first-order valence-electron chi connectivity index (χ1n) is 11.8. The van der Waals surface area contributed by atoms with Gasteiger partial charge >= 0.3 is 0 Å². The van der Waals surface area contributed by atoms with Crippen LogP contribution in [0.3, 0.4) is 0 Å². The highest BCUT2D eigenvalue weighted by atomic mass is 35.5. The molecule has 190 valence electrons. The van der Waals surface area contributed by atoms with Crippen LogP contribution in [0, 0.1) is 5.82 Å². The molecule has 1 aromatic heterocycles. The molecule has 7 nitrogen and oxygen atoms in total. The predicted octanol–water partition coefficient (Wildman–Crippen LogP) is 5.33. The predicted molar refractivity (Wildman–Crippen MR) is 142 cm³/mol. The van der Waals surface area contributed by atoms with E-state index >= 15 is 0 Å². The van der Waals surface area contributed by atoms with Crippen molar-refractivity contribution in [3.05, 3.63) is 124 Å². The standard InChI is InChI=1S/C29H22ClFN4O3/c30-21-11-12-23-24(16-21)33-28(37)25(15-19-4-3-5-22(31)14-19)35(29(23)38)17-18-7-9-20(10-8-18)27(36)34-26-6-1-2-13-32-26/h1-14,16,25H,15,17H2,(H,33,37)(H,32,34,36)/t25-/m1/s1. The van der Waals surface area contributed by atoms with Crippen molar-refractivity contribution in [2.75, 3.05) is 10.6 Å². The summed E-state index contributed by atoms with van der Waals surface area (Å²) < 4.78 is 13.9. The fourth-order valence-corrected chi connectivity index (χ4v) is 4.49. The molecular formula is C29H22ClFN4O3. The summed E-state index contributed by atoms with van der Waals surface area (Å²) in [5.41, 5.74) is 2.32. The van der Waals surface area contributed by atoms with Crippen LogP contribution in [0.5, 0.6) is 0 Å². The molecule has 0 saturated heterocycles. The number of hydrogen-bond donors (Lipinski definition) is 2. The van der Waals surface area contributed by atoms with Gasteiger partial charge in [0.2, 0.25) is 5.91 Å². The normalized spacial score (nSPS) is 14.9. The molecule has 0 unspecified atom stereocenters. The van der Waals surface area contributed by atoms with Crippen LogP contribution in [-0.2, 0) is 17.8 Å². The van der Waals surface area contributed by atoms with Crippen molar-refractivity contribution in [1.82, 2.24) is 9.88 Å². The van der Waals surface area contributed by atoms with E-state index in [1.807, 2.05) is 0 Å². The largest absolute Gasteiger partial charge is 0.323 e. The number of hydrogen-bond acceptors (Lipinski definition) is 4. The number of aromatic nitrogens is 1. The highest BCUT2D eigenvalue weighted by Crippen LogP contribution is 2.29. The van der Waals surface area contributed by atoms with E-state index in [9.17, 15) is 18.8 Å². The first-order valence-corrected chi connectivity index (χ1v) is 12.2. The number of pyridine rings is 1. The number of carbonyl (C=O) groups excluding carboxylic acids is 3. The summed E-state index contributed by atoms with van der Waals surface area (Å²) in [4.78, 5) is 45.2. The van der Waals surface area contributed by atoms with E-state index in [1.165, 1.54) is 23.1 Å². The maximum absolute atomic E-state index is 13.9. The molecule has 2 heterocycles. The van der Waals surface area contributed by atoms with Crippen LogP contribution in [0.15, 0.2) is 91.1 Å². The van der Waals surface area contributed by atoms with Crippen LogP contribution in [0.4, 0.5) is 15.9 Å². The number of anilines is 2. The second-order valence-corrected chi connectivity index (χ2v) is 9.26. The maximum Gasteiger partial charge on any atom is 0.256 e. The van der Waals surface area contributed by atoms with Crippen molar-refractivity contribution < 1.29 is 18.8 Å². The van der Waals surface area contributed by atoms with Gasteiger partial charge in [0.05, 0.1) is 11.3 Å².